The molecule has 0 amide bonds. The minimum absolute atomic E-state index is 0.135. The largest absolute Gasteiger partial charge is 0.480 e. The topological polar surface area (TPSA) is 72.8 Å². The Morgan fingerprint density at radius 3 is 2.08 bits per heavy atom. The summed E-state index contributed by atoms with van der Waals surface area (Å²) in [6.07, 6.45) is 0. The molecular formula is C6H9ClO5. The number of carboxylic acid groups (broad SMARTS) is 1. The quantitative estimate of drug-likeness (QED) is 0.454. The van der Waals surface area contributed by atoms with Crippen LogP contribution in [-0.4, -0.2) is 42.7 Å². The summed E-state index contributed by atoms with van der Waals surface area (Å²) < 4.78 is 9.28. The molecule has 0 spiro atoms. The molecule has 0 rings (SSSR count). The van der Waals surface area contributed by atoms with E-state index in [4.69, 9.17) is 16.7 Å². The van der Waals surface area contributed by atoms with Crippen molar-refractivity contribution in [2.24, 2.45) is 0 Å². The van der Waals surface area contributed by atoms with E-state index in [1.807, 2.05) is 0 Å². The van der Waals surface area contributed by atoms with Crippen LogP contribution in [0.25, 0.3) is 0 Å². The van der Waals surface area contributed by atoms with Gasteiger partial charge in [0.25, 0.3) is 0 Å². The molecule has 0 fully saturated rings. The molecule has 0 bridgehead atoms. The summed E-state index contributed by atoms with van der Waals surface area (Å²) in [6, 6.07) is 0. The SMILES string of the molecule is O=C(O)COCCOCC(=O)Cl. The molecule has 5 nitrogen and oxygen atoms in total. The van der Waals surface area contributed by atoms with Crippen LogP contribution in [-0.2, 0) is 19.1 Å². The number of ether oxygens (including phenoxy) is 2. The summed E-state index contributed by atoms with van der Waals surface area (Å²) in [6.45, 7) is -0.252. The first-order valence-electron chi connectivity index (χ1n) is 3.18. The smallest absolute Gasteiger partial charge is 0.329 e. The summed E-state index contributed by atoms with van der Waals surface area (Å²) in [5.41, 5.74) is 0. The molecule has 6 heteroatoms. The number of carbonyl (C=O) groups is 2. The Hall–Kier alpha value is -0.650. The fraction of sp³-hybridized carbons (Fsp3) is 0.667. The summed E-state index contributed by atoms with van der Waals surface area (Å²) in [5, 5.41) is 7.53. The fourth-order valence-electron chi connectivity index (χ4n) is 0.430. The lowest BCUT2D eigenvalue weighted by atomic mass is 10.7. The molecule has 0 radical (unpaired) electrons. The van der Waals surface area contributed by atoms with Crippen LogP contribution < -0.4 is 0 Å². The molecule has 0 unspecified atom stereocenters. The number of carboxylic acids is 1. The van der Waals surface area contributed by atoms with E-state index in [1.54, 1.807) is 0 Å². The Balaban J connectivity index is 3.01. The van der Waals surface area contributed by atoms with Gasteiger partial charge in [-0.05, 0) is 11.6 Å². The Labute approximate surface area is 74.2 Å². The standard InChI is InChI=1S/C6H9ClO5/c7-5(8)3-11-1-2-12-4-6(9)10/h1-4H2,(H,9,10). The van der Waals surface area contributed by atoms with Crippen LogP contribution in [0.4, 0.5) is 0 Å². The van der Waals surface area contributed by atoms with Crippen LogP contribution >= 0.6 is 11.6 Å². The van der Waals surface area contributed by atoms with Crippen molar-refractivity contribution >= 4 is 22.8 Å². The minimum atomic E-state index is -1.04. The van der Waals surface area contributed by atoms with Crippen LogP contribution in [0.15, 0.2) is 0 Å². The van der Waals surface area contributed by atoms with Crippen molar-refractivity contribution in [1.82, 2.24) is 0 Å². The molecule has 12 heavy (non-hydrogen) atoms. The lowest BCUT2D eigenvalue weighted by Crippen LogP contribution is -2.12. The van der Waals surface area contributed by atoms with Gasteiger partial charge in [0, 0.05) is 0 Å². The lowest BCUT2D eigenvalue weighted by molar-refractivity contribution is -0.143. The number of halogens is 1. The van der Waals surface area contributed by atoms with E-state index in [0.717, 1.165) is 0 Å². The van der Waals surface area contributed by atoms with E-state index in [9.17, 15) is 9.59 Å². The van der Waals surface area contributed by atoms with Gasteiger partial charge in [-0.2, -0.15) is 0 Å². The van der Waals surface area contributed by atoms with Gasteiger partial charge >= 0.3 is 5.97 Å². The van der Waals surface area contributed by atoms with Gasteiger partial charge in [0.15, 0.2) is 0 Å². The van der Waals surface area contributed by atoms with E-state index in [0.29, 0.717) is 0 Å². The number of aliphatic carboxylic acids is 1. The van der Waals surface area contributed by atoms with Gasteiger partial charge in [0.1, 0.15) is 13.2 Å². The van der Waals surface area contributed by atoms with Crippen molar-refractivity contribution in [3.63, 3.8) is 0 Å². The average Bonchev–Trinajstić information content (AvgIpc) is 1.95. The Bertz CT molecular complexity index is 140. The summed E-state index contributed by atoms with van der Waals surface area (Å²) >= 11 is 4.94. The highest BCUT2D eigenvalue weighted by molar-refractivity contribution is 6.63. The predicted molar refractivity (Wildman–Crippen MR) is 40.1 cm³/mol. The Morgan fingerprint density at radius 2 is 1.67 bits per heavy atom. The zero-order chi connectivity index (χ0) is 9.40. The van der Waals surface area contributed by atoms with Crippen LogP contribution in [0.2, 0.25) is 0 Å². The molecule has 0 aromatic rings. The second-order valence-electron chi connectivity index (χ2n) is 1.85. The normalized spacial score (nSPS) is 9.75. The maximum atomic E-state index is 10.1. The molecule has 0 heterocycles. The van der Waals surface area contributed by atoms with Gasteiger partial charge in [0.2, 0.25) is 5.24 Å². The molecule has 0 atom stereocenters. The van der Waals surface area contributed by atoms with Crippen molar-refractivity contribution in [2.75, 3.05) is 26.4 Å². The van der Waals surface area contributed by atoms with Crippen molar-refractivity contribution in [3.05, 3.63) is 0 Å². The summed E-state index contributed by atoms with van der Waals surface area (Å²) in [4.78, 5) is 20.0. The third kappa shape index (κ3) is 9.35. The van der Waals surface area contributed by atoms with E-state index < -0.39 is 11.2 Å². The first-order valence-corrected chi connectivity index (χ1v) is 3.56. The molecular weight excluding hydrogens is 188 g/mol. The first kappa shape index (κ1) is 11.4. The van der Waals surface area contributed by atoms with Crippen LogP contribution in [0, 0.1) is 0 Å². The third-order valence-electron chi connectivity index (χ3n) is 0.813. The minimum Gasteiger partial charge on any atom is -0.480 e. The highest BCUT2D eigenvalue weighted by atomic mass is 35.5. The van der Waals surface area contributed by atoms with E-state index in [2.05, 4.69) is 9.47 Å². The molecule has 1 N–H and O–H groups in total. The molecule has 0 aliphatic heterocycles. The second-order valence-corrected chi connectivity index (χ2v) is 2.28. The average molecular weight is 197 g/mol. The Kier molecular flexibility index (Phi) is 6.64. The molecule has 0 aromatic heterocycles. The Morgan fingerprint density at radius 1 is 1.17 bits per heavy atom. The fourth-order valence-corrected chi connectivity index (χ4v) is 0.507. The second kappa shape index (κ2) is 7.02. The van der Waals surface area contributed by atoms with E-state index >= 15 is 0 Å². The van der Waals surface area contributed by atoms with Gasteiger partial charge in [-0.15, -0.1) is 0 Å². The molecule has 70 valence electrons. The van der Waals surface area contributed by atoms with Gasteiger partial charge in [0.05, 0.1) is 13.2 Å². The highest BCUT2D eigenvalue weighted by Gasteiger charge is 1.97. The third-order valence-corrected chi connectivity index (χ3v) is 0.922. The zero-order valence-corrected chi connectivity index (χ0v) is 7.04. The summed E-state index contributed by atoms with van der Waals surface area (Å²) in [7, 11) is 0. The maximum absolute atomic E-state index is 10.1. The van der Waals surface area contributed by atoms with Crippen LogP contribution in [0.1, 0.15) is 0 Å². The molecule has 0 saturated carbocycles. The number of hydrogen-bond acceptors (Lipinski definition) is 4. The molecule has 0 aromatic carbocycles. The van der Waals surface area contributed by atoms with Crippen molar-refractivity contribution < 1.29 is 24.2 Å². The van der Waals surface area contributed by atoms with Crippen LogP contribution in [0.5, 0.6) is 0 Å². The van der Waals surface area contributed by atoms with Gasteiger partial charge in [-0.25, -0.2) is 4.79 Å². The van der Waals surface area contributed by atoms with Crippen molar-refractivity contribution in [2.45, 2.75) is 0 Å². The van der Waals surface area contributed by atoms with Gasteiger partial charge in [-0.3, -0.25) is 4.79 Å². The van der Waals surface area contributed by atoms with E-state index in [-0.39, 0.29) is 26.4 Å². The lowest BCUT2D eigenvalue weighted by Gasteiger charge is -2.00. The van der Waals surface area contributed by atoms with Crippen LogP contribution in [0.3, 0.4) is 0 Å². The molecule has 0 saturated heterocycles. The van der Waals surface area contributed by atoms with Gasteiger partial charge < -0.3 is 14.6 Å². The monoisotopic (exact) mass is 196 g/mol. The number of carbonyl (C=O) groups excluding carboxylic acids is 1. The molecule has 0 aliphatic rings. The zero-order valence-electron chi connectivity index (χ0n) is 6.29. The number of hydrogen-bond donors (Lipinski definition) is 1. The maximum Gasteiger partial charge on any atom is 0.329 e. The van der Waals surface area contributed by atoms with Gasteiger partial charge in [-0.1, -0.05) is 0 Å². The number of rotatable bonds is 7. The van der Waals surface area contributed by atoms with E-state index in [1.165, 1.54) is 0 Å². The first-order chi connectivity index (χ1) is 5.63. The highest BCUT2D eigenvalue weighted by Crippen LogP contribution is 1.83. The predicted octanol–water partition coefficient (Wildman–Crippen LogP) is -0.130. The van der Waals surface area contributed by atoms with Crippen molar-refractivity contribution in [1.29, 1.82) is 0 Å². The summed E-state index contributed by atoms with van der Waals surface area (Å²) in [5.74, 6) is -1.04. The van der Waals surface area contributed by atoms with Crippen molar-refractivity contribution in [3.8, 4) is 0 Å². The molecule has 0 aliphatic carbocycles.